The maximum Gasteiger partial charge on any atom is 0.306 e. The number of hydrogen-bond acceptors (Lipinski definition) is 6. The maximum absolute atomic E-state index is 12.9. The Hall–Kier alpha value is -5.49. The van der Waals surface area contributed by atoms with Crippen LogP contribution in [-0.4, -0.2) is 37.2 Å². The van der Waals surface area contributed by atoms with Crippen molar-refractivity contribution in [2.24, 2.45) is 0 Å². The lowest BCUT2D eigenvalue weighted by Gasteiger charge is -2.18. The van der Waals surface area contributed by atoms with Gasteiger partial charge < -0.3 is 14.2 Å². The summed E-state index contributed by atoms with van der Waals surface area (Å²) in [6.07, 6.45) is 100. The molecule has 0 saturated carbocycles. The van der Waals surface area contributed by atoms with Crippen LogP contribution in [0, 0.1) is 0 Å². The molecule has 0 N–H and O–H groups in total. The molecule has 0 aliphatic rings. The summed E-state index contributed by atoms with van der Waals surface area (Å²) in [7, 11) is 0. The van der Waals surface area contributed by atoms with Gasteiger partial charge in [-0.15, -0.1) is 0 Å². The van der Waals surface area contributed by atoms with Crippen molar-refractivity contribution in [3.8, 4) is 0 Å². The zero-order valence-corrected chi connectivity index (χ0v) is 51.7. The lowest BCUT2D eigenvalue weighted by Crippen LogP contribution is -2.30. The van der Waals surface area contributed by atoms with E-state index >= 15 is 0 Å². The van der Waals surface area contributed by atoms with Crippen molar-refractivity contribution in [1.29, 1.82) is 0 Å². The SMILES string of the molecule is CC/C=C\C/C=C\C/C=C\C/C=C\C/C=C\C/C=C\CCCCC(=O)OC(COC(=O)CCCCC/C=C\C/C=C\C/C=C\C/C=C\C/C=C\CC)COC(=O)CCCCCCCCCCCC/C=C\C/C=C\C/C=C\C/C=C\CC. The van der Waals surface area contributed by atoms with Crippen molar-refractivity contribution in [3.05, 3.63) is 182 Å². The number of esters is 3. The summed E-state index contributed by atoms with van der Waals surface area (Å²) in [5, 5.41) is 0. The number of carbonyl (C=O) groups is 3. The average molecular weight is 1110 g/mol. The lowest BCUT2D eigenvalue weighted by molar-refractivity contribution is -0.167. The molecule has 1 unspecified atom stereocenters. The molecule has 6 nitrogen and oxygen atoms in total. The average Bonchev–Trinajstić information content (AvgIpc) is 3.47. The summed E-state index contributed by atoms with van der Waals surface area (Å²) < 4.78 is 16.9. The number of carbonyl (C=O) groups excluding carboxylic acids is 3. The summed E-state index contributed by atoms with van der Waals surface area (Å²) in [5.41, 5.74) is 0. The van der Waals surface area contributed by atoms with E-state index in [9.17, 15) is 14.4 Å². The van der Waals surface area contributed by atoms with Crippen LogP contribution in [0.4, 0.5) is 0 Å². The van der Waals surface area contributed by atoms with E-state index in [-0.39, 0.29) is 37.5 Å². The minimum Gasteiger partial charge on any atom is -0.462 e. The van der Waals surface area contributed by atoms with Crippen molar-refractivity contribution in [1.82, 2.24) is 0 Å². The first-order chi connectivity index (χ1) is 40.0. The Morgan fingerprint density at radius 2 is 0.444 bits per heavy atom. The molecule has 1 atom stereocenters. The van der Waals surface area contributed by atoms with Gasteiger partial charge in [0.05, 0.1) is 0 Å². The van der Waals surface area contributed by atoms with Gasteiger partial charge >= 0.3 is 17.9 Å². The van der Waals surface area contributed by atoms with Gasteiger partial charge in [0, 0.05) is 19.3 Å². The monoisotopic (exact) mass is 1110 g/mol. The lowest BCUT2D eigenvalue weighted by atomic mass is 10.1. The third-order valence-corrected chi connectivity index (χ3v) is 12.9. The van der Waals surface area contributed by atoms with Crippen LogP contribution in [-0.2, 0) is 28.6 Å². The van der Waals surface area contributed by atoms with Crippen LogP contribution in [0.1, 0.15) is 252 Å². The van der Waals surface area contributed by atoms with Crippen LogP contribution < -0.4 is 0 Å². The Morgan fingerprint density at radius 3 is 0.728 bits per heavy atom. The predicted octanol–water partition coefficient (Wildman–Crippen LogP) is 22.4. The Morgan fingerprint density at radius 1 is 0.247 bits per heavy atom. The van der Waals surface area contributed by atoms with Crippen LogP contribution in [0.15, 0.2) is 182 Å². The fourth-order valence-corrected chi connectivity index (χ4v) is 8.17. The summed E-state index contributed by atoms with van der Waals surface area (Å²) >= 11 is 0. The van der Waals surface area contributed by atoms with Gasteiger partial charge in [-0.2, -0.15) is 0 Å². The molecule has 0 aromatic rings. The second kappa shape index (κ2) is 67.0. The molecule has 0 saturated heterocycles. The molecule has 0 aromatic carbocycles. The fourth-order valence-electron chi connectivity index (χ4n) is 8.17. The van der Waals surface area contributed by atoms with E-state index < -0.39 is 6.10 Å². The highest BCUT2D eigenvalue weighted by Gasteiger charge is 2.19. The second-order valence-corrected chi connectivity index (χ2v) is 20.5. The van der Waals surface area contributed by atoms with Crippen molar-refractivity contribution >= 4 is 17.9 Å². The molecule has 452 valence electrons. The second-order valence-electron chi connectivity index (χ2n) is 20.5. The van der Waals surface area contributed by atoms with E-state index in [1.54, 1.807) is 0 Å². The maximum atomic E-state index is 12.9. The van der Waals surface area contributed by atoms with Gasteiger partial charge in [0.2, 0.25) is 0 Å². The molecule has 0 bridgehead atoms. The topological polar surface area (TPSA) is 78.9 Å². The molecule has 6 heteroatoms. The largest absolute Gasteiger partial charge is 0.462 e. The Bertz CT molecular complexity index is 1900. The molecule has 0 fully saturated rings. The van der Waals surface area contributed by atoms with Gasteiger partial charge in [0.15, 0.2) is 6.10 Å². The first-order valence-electron chi connectivity index (χ1n) is 32.3. The third kappa shape index (κ3) is 65.2. The van der Waals surface area contributed by atoms with E-state index in [0.29, 0.717) is 19.3 Å². The highest BCUT2D eigenvalue weighted by Crippen LogP contribution is 2.14. The van der Waals surface area contributed by atoms with Crippen LogP contribution in [0.2, 0.25) is 0 Å². The molecule has 0 aromatic heterocycles. The molecule has 0 spiro atoms. The van der Waals surface area contributed by atoms with Crippen molar-refractivity contribution in [2.45, 2.75) is 258 Å². The minimum absolute atomic E-state index is 0.118. The molecule has 0 heterocycles. The Labute approximate surface area is 497 Å². The van der Waals surface area contributed by atoms with Crippen molar-refractivity contribution in [3.63, 3.8) is 0 Å². The highest BCUT2D eigenvalue weighted by atomic mass is 16.6. The summed E-state index contributed by atoms with van der Waals surface area (Å²) in [6.45, 7) is 6.23. The third-order valence-electron chi connectivity index (χ3n) is 12.9. The molecule has 0 rings (SSSR count). The van der Waals surface area contributed by atoms with Gasteiger partial charge in [-0.25, -0.2) is 0 Å². The molecule has 0 amide bonds. The molecular formula is C75H116O6. The van der Waals surface area contributed by atoms with Crippen LogP contribution >= 0.6 is 0 Å². The zero-order chi connectivity index (χ0) is 58.5. The number of ether oxygens (including phenoxy) is 3. The first kappa shape index (κ1) is 75.5. The van der Waals surface area contributed by atoms with E-state index in [4.69, 9.17) is 14.2 Å². The Balaban J connectivity index is 4.56. The predicted molar refractivity (Wildman–Crippen MR) is 352 cm³/mol. The number of hydrogen-bond donors (Lipinski definition) is 0. The first-order valence-corrected chi connectivity index (χ1v) is 32.3. The van der Waals surface area contributed by atoms with Crippen molar-refractivity contribution < 1.29 is 28.6 Å². The molecule has 81 heavy (non-hydrogen) atoms. The zero-order valence-electron chi connectivity index (χ0n) is 51.7. The quantitative estimate of drug-likeness (QED) is 0.0261. The van der Waals surface area contributed by atoms with E-state index in [0.717, 1.165) is 154 Å². The van der Waals surface area contributed by atoms with Gasteiger partial charge in [0.25, 0.3) is 0 Å². The fraction of sp³-hybridized carbons (Fsp3) is 0.560. The van der Waals surface area contributed by atoms with E-state index in [2.05, 4.69) is 203 Å². The summed E-state index contributed by atoms with van der Waals surface area (Å²) in [6, 6.07) is 0. The summed E-state index contributed by atoms with van der Waals surface area (Å²) in [4.78, 5) is 38.4. The van der Waals surface area contributed by atoms with Gasteiger partial charge in [-0.1, -0.05) is 261 Å². The molecule has 0 aliphatic carbocycles. The van der Waals surface area contributed by atoms with E-state index in [1.165, 1.54) is 51.4 Å². The summed E-state index contributed by atoms with van der Waals surface area (Å²) in [5.74, 6) is -1.00. The molecule has 0 aliphatic heterocycles. The van der Waals surface area contributed by atoms with Crippen LogP contribution in [0.3, 0.4) is 0 Å². The smallest absolute Gasteiger partial charge is 0.306 e. The normalized spacial score (nSPS) is 13.4. The molecular weight excluding hydrogens is 997 g/mol. The minimum atomic E-state index is -0.830. The van der Waals surface area contributed by atoms with Crippen LogP contribution in [0.25, 0.3) is 0 Å². The number of unbranched alkanes of at least 4 members (excludes halogenated alkanes) is 15. The van der Waals surface area contributed by atoms with Crippen LogP contribution in [0.5, 0.6) is 0 Å². The standard InChI is InChI=1S/C75H116O6/c1-4-7-10-13-16-19-22-25-28-31-34-36-37-39-41-44-47-50-53-56-59-62-65-68-74(77)80-71-72(70-79-73(76)67-64-61-58-55-52-49-46-43-40-33-30-27-24-21-18-15-12-9-6-3)81-75(78)69-66-63-60-57-54-51-48-45-42-38-35-32-29-26-23-20-17-14-11-8-5-2/h7-12,16-21,25-30,34-36,38,40,43,45,48-49,52,54,57,72H,4-6,13-15,22-24,31-33,37,39,41-42,44,46-47,50-51,53,55-56,58-71H2,1-3H3/b10-7-,11-8-,12-9-,19-16-,20-17-,21-18-,28-25-,29-26-,30-27-,36-34-,38-35-,43-40-,48-45-,52-49-,57-54-. The highest BCUT2D eigenvalue weighted by molar-refractivity contribution is 5.71. The van der Waals surface area contributed by atoms with Crippen molar-refractivity contribution in [2.75, 3.05) is 13.2 Å². The number of allylic oxidation sites excluding steroid dienone is 30. The number of rotatable bonds is 56. The van der Waals surface area contributed by atoms with E-state index in [1.807, 2.05) is 0 Å². The van der Waals surface area contributed by atoms with Gasteiger partial charge in [-0.05, 0) is 154 Å². The van der Waals surface area contributed by atoms with Gasteiger partial charge in [0.1, 0.15) is 13.2 Å². The Kier molecular flexibility index (Phi) is 62.5. The van der Waals surface area contributed by atoms with Gasteiger partial charge in [-0.3, -0.25) is 14.4 Å². The molecule has 0 radical (unpaired) electrons.